The molecule has 0 aromatic heterocycles. The lowest BCUT2D eigenvalue weighted by Crippen LogP contribution is -2.37. The molecule has 3 N–H and O–H groups in total. The van der Waals surface area contributed by atoms with E-state index < -0.39 is 5.97 Å². The van der Waals surface area contributed by atoms with Crippen LogP contribution in [0.4, 0.5) is 0 Å². The van der Waals surface area contributed by atoms with E-state index in [0.29, 0.717) is 18.9 Å². The maximum atomic E-state index is 12.2. The molecule has 1 fully saturated rings. The van der Waals surface area contributed by atoms with E-state index in [9.17, 15) is 9.59 Å². The summed E-state index contributed by atoms with van der Waals surface area (Å²) in [5.41, 5.74) is 7.07. The third kappa shape index (κ3) is 5.19. The van der Waals surface area contributed by atoms with Crippen LogP contribution < -0.4 is 5.73 Å². The molecule has 1 aromatic carbocycles. The van der Waals surface area contributed by atoms with Crippen LogP contribution in [0.5, 0.6) is 0 Å². The minimum absolute atomic E-state index is 0.115. The Morgan fingerprint density at radius 3 is 2.52 bits per heavy atom. The first-order chi connectivity index (χ1) is 10.1. The SMILES string of the molecule is NC(CCC(=O)N(CC(=O)O)CC1CC1)c1ccccc1. The minimum Gasteiger partial charge on any atom is -0.480 e. The van der Waals surface area contributed by atoms with Gasteiger partial charge in [0.25, 0.3) is 0 Å². The average Bonchev–Trinajstić information content (AvgIpc) is 3.28. The first-order valence-corrected chi connectivity index (χ1v) is 7.36. The van der Waals surface area contributed by atoms with Crippen LogP contribution in [-0.2, 0) is 9.59 Å². The summed E-state index contributed by atoms with van der Waals surface area (Å²) in [6.45, 7) is 0.349. The fraction of sp³-hybridized carbons (Fsp3) is 0.500. The highest BCUT2D eigenvalue weighted by molar-refractivity contribution is 5.81. The van der Waals surface area contributed by atoms with Crippen LogP contribution in [0.3, 0.4) is 0 Å². The summed E-state index contributed by atoms with van der Waals surface area (Å²) in [4.78, 5) is 24.5. The second-order valence-corrected chi connectivity index (χ2v) is 5.67. The first-order valence-electron chi connectivity index (χ1n) is 7.36. The third-order valence-corrected chi connectivity index (χ3v) is 3.75. The van der Waals surface area contributed by atoms with Gasteiger partial charge in [0.1, 0.15) is 6.54 Å². The van der Waals surface area contributed by atoms with Gasteiger partial charge in [0.2, 0.25) is 5.91 Å². The zero-order valence-electron chi connectivity index (χ0n) is 12.1. The van der Waals surface area contributed by atoms with Crippen molar-refractivity contribution in [3.63, 3.8) is 0 Å². The summed E-state index contributed by atoms with van der Waals surface area (Å²) in [5.74, 6) is -0.594. The number of hydrogen-bond donors (Lipinski definition) is 2. The number of aliphatic carboxylic acids is 1. The van der Waals surface area contributed by atoms with Crippen LogP contribution in [0.2, 0.25) is 0 Å². The normalized spacial score (nSPS) is 15.5. The zero-order chi connectivity index (χ0) is 15.2. The predicted octanol–water partition coefficient (Wildman–Crippen LogP) is 1.79. The fourth-order valence-electron chi connectivity index (χ4n) is 2.33. The van der Waals surface area contributed by atoms with Crippen molar-refractivity contribution >= 4 is 11.9 Å². The smallest absolute Gasteiger partial charge is 0.323 e. The van der Waals surface area contributed by atoms with Crippen molar-refractivity contribution in [1.82, 2.24) is 4.90 Å². The summed E-state index contributed by atoms with van der Waals surface area (Å²) in [7, 11) is 0. The van der Waals surface area contributed by atoms with E-state index in [1.54, 1.807) is 0 Å². The molecule has 1 unspecified atom stereocenters. The first kappa shape index (κ1) is 15.5. The monoisotopic (exact) mass is 290 g/mol. The molecular weight excluding hydrogens is 268 g/mol. The number of nitrogens with zero attached hydrogens (tertiary/aromatic N) is 1. The molecule has 1 saturated carbocycles. The zero-order valence-corrected chi connectivity index (χ0v) is 12.1. The molecule has 1 aliphatic carbocycles. The van der Waals surface area contributed by atoms with Crippen LogP contribution in [0, 0.1) is 5.92 Å². The van der Waals surface area contributed by atoms with E-state index in [1.165, 1.54) is 4.90 Å². The molecule has 0 aliphatic heterocycles. The molecule has 1 atom stereocenters. The molecule has 0 saturated heterocycles. The predicted molar refractivity (Wildman–Crippen MR) is 79.5 cm³/mol. The van der Waals surface area contributed by atoms with Crippen molar-refractivity contribution in [2.24, 2.45) is 11.7 Å². The number of rotatable bonds is 8. The van der Waals surface area contributed by atoms with Crippen LogP contribution in [0.25, 0.3) is 0 Å². The largest absolute Gasteiger partial charge is 0.480 e. The molecule has 1 aromatic rings. The third-order valence-electron chi connectivity index (χ3n) is 3.75. The fourth-order valence-corrected chi connectivity index (χ4v) is 2.33. The topological polar surface area (TPSA) is 83.6 Å². The van der Waals surface area contributed by atoms with Crippen molar-refractivity contribution in [1.29, 1.82) is 0 Å². The molecule has 1 amide bonds. The van der Waals surface area contributed by atoms with Gasteiger partial charge >= 0.3 is 5.97 Å². The summed E-state index contributed by atoms with van der Waals surface area (Å²) < 4.78 is 0. The molecule has 0 heterocycles. The summed E-state index contributed by atoms with van der Waals surface area (Å²) in [5, 5.41) is 8.90. The van der Waals surface area contributed by atoms with Gasteiger partial charge in [-0.3, -0.25) is 9.59 Å². The van der Waals surface area contributed by atoms with Gasteiger partial charge in [0.15, 0.2) is 0 Å². The van der Waals surface area contributed by atoms with Crippen molar-refractivity contribution in [2.75, 3.05) is 13.1 Å². The Hall–Kier alpha value is -1.88. The van der Waals surface area contributed by atoms with E-state index in [-0.39, 0.29) is 24.9 Å². The quantitative estimate of drug-likeness (QED) is 0.764. The van der Waals surface area contributed by atoms with Gasteiger partial charge in [-0.15, -0.1) is 0 Å². The average molecular weight is 290 g/mol. The van der Waals surface area contributed by atoms with Crippen LogP contribution in [0.15, 0.2) is 30.3 Å². The number of nitrogens with two attached hydrogens (primary N) is 1. The highest BCUT2D eigenvalue weighted by Gasteiger charge is 2.27. The number of carbonyl (C=O) groups excluding carboxylic acids is 1. The number of amides is 1. The van der Waals surface area contributed by atoms with Gasteiger partial charge in [-0.2, -0.15) is 0 Å². The van der Waals surface area contributed by atoms with E-state index in [1.807, 2.05) is 30.3 Å². The number of carboxylic acids is 1. The van der Waals surface area contributed by atoms with Crippen LogP contribution in [-0.4, -0.2) is 35.0 Å². The second kappa shape index (κ2) is 7.22. The van der Waals surface area contributed by atoms with Crippen molar-refractivity contribution < 1.29 is 14.7 Å². The summed E-state index contributed by atoms with van der Waals surface area (Å²) in [6, 6.07) is 9.44. The lowest BCUT2D eigenvalue weighted by atomic mass is 10.0. The highest BCUT2D eigenvalue weighted by atomic mass is 16.4. The Morgan fingerprint density at radius 1 is 1.29 bits per heavy atom. The van der Waals surface area contributed by atoms with Crippen molar-refractivity contribution in [2.45, 2.75) is 31.7 Å². The van der Waals surface area contributed by atoms with Gasteiger partial charge in [-0.05, 0) is 30.7 Å². The Labute approximate surface area is 124 Å². The molecule has 0 spiro atoms. The number of carboxylic acid groups (broad SMARTS) is 1. The number of hydrogen-bond acceptors (Lipinski definition) is 3. The second-order valence-electron chi connectivity index (χ2n) is 5.67. The maximum Gasteiger partial charge on any atom is 0.323 e. The maximum absolute atomic E-state index is 12.2. The van der Waals surface area contributed by atoms with Gasteiger partial charge in [-0.25, -0.2) is 0 Å². The standard InChI is InChI=1S/C16H22N2O3/c17-14(13-4-2-1-3-5-13)8-9-15(19)18(11-16(20)21)10-12-6-7-12/h1-5,12,14H,6-11,17H2,(H,20,21). The Balaban J connectivity index is 1.84. The summed E-state index contributed by atoms with van der Waals surface area (Å²) >= 11 is 0. The van der Waals surface area contributed by atoms with E-state index >= 15 is 0 Å². The lowest BCUT2D eigenvalue weighted by Gasteiger charge is -2.21. The van der Waals surface area contributed by atoms with E-state index in [0.717, 1.165) is 18.4 Å². The van der Waals surface area contributed by atoms with Gasteiger partial charge < -0.3 is 15.7 Å². The molecular formula is C16H22N2O3. The summed E-state index contributed by atoms with van der Waals surface area (Å²) in [6.07, 6.45) is 3.00. The van der Waals surface area contributed by atoms with Crippen LogP contribution >= 0.6 is 0 Å². The molecule has 0 radical (unpaired) electrons. The number of carbonyl (C=O) groups is 2. The Bertz CT molecular complexity index is 486. The molecule has 114 valence electrons. The van der Waals surface area contributed by atoms with Gasteiger partial charge in [0.05, 0.1) is 0 Å². The highest BCUT2D eigenvalue weighted by Crippen LogP contribution is 2.30. The minimum atomic E-state index is -0.962. The van der Waals surface area contributed by atoms with Crippen molar-refractivity contribution in [3.8, 4) is 0 Å². The van der Waals surface area contributed by atoms with Gasteiger partial charge in [-0.1, -0.05) is 30.3 Å². The molecule has 1 aliphatic rings. The van der Waals surface area contributed by atoms with E-state index in [2.05, 4.69) is 0 Å². The van der Waals surface area contributed by atoms with Gasteiger partial charge in [0, 0.05) is 19.0 Å². The Kier molecular flexibility index (Phi) is 5.33. The van der Waals surface area contributed by atoms with E-state index in [4.69, 9.17) is 10.8 Å². The molecule has 0 bridgehead atoms. The van der Waals surface area contributed by atoms with Crippen molar-refractivity contribution in [3.05, 3.63) is 35.9 Å². The lowest BCUT2D eigenvalue weighted by molar-refractivity contribution is -0.144. The molecule has 21 heavy (non-hydrogen) atoms. The van der Waals surface area contributed by atoms with Crippen LogP contribution in [0.1, 0.15) is 37.3 Å². The molecule has 2 rings (SSSR count). The molecule has 5 nitrogen and oxygen atoms in total. The number of benzene rings is 1. The Morgan fingerprint density at radius 2 is 1.95 bits per heavy atom. The molecule has 5 heteroatoms.